The molecule has 0 atom stereocenters. The van der Waals surface area contributed by atoms with Gasteiger partial charge in [-0.15, -0.1) is 0 Å². The Morgan fingerprint density at radius 1 is 0.857 bits per heavy atom. The molecule has 0 aromatic rings. The molecule has 1 fully saturated rings. The van der Waals surface area contributed by atoms with E-state index in [9.17, 15) is 22.0 Å². The number of alkyl halides is 5. The minimum absolute atomic E-state index is 0.145. The lowest BCUT2D eigenvalue weighted by Gasteiger charge is -2.33. The van der Waals surface area contributed by atoms with Gasteiger partial charge < -0.3 is 5.73 Å². The van der Waals surface area contributed by atoms with E-state index in [1.165, 1.54) is 0 Å². The summed E-state index contributed by atoms with van der Waals surface area (Å²) in [5.41, 5.74) is 5.42. The van der Waals surface area contributed by atoms with Gasteiger partial charge in [0.25, 0.3) is 0 Å². The van der Waals surface area contributed by atoms with E-state index in [1.807, 2.05) is 0 Å². The van der Waals surface area contributed by atoms with Crippen LogP contribution >= 0.6 is 0 Å². The summed E-state index contributed by atoms with van der Waals surface area (Å²) in [6.45, 7) is 0. The molecule has 2 N–H and O–H groups in total. The number of hydrogen-bond donors (Lipinski definition) is 1. The van der Waals surface area contributed by atoms with Gasteiger partial charge >= 0.3 is 12.1 Å². The lowest BCUT2D eigenvalue weighted by atomic mass is 9.82. The normalized spacial score (nSPS) is 30.4. The first-order chi connectivity index (χ1) is 6.25. The zero-order valence-corrected chi connectivity index (χ0v) is 7.45. The summed E-state index contributed by atoms with van der Waals surface area (Å²) in [5, 5.41) is 0. The van der Waals surface area contributed by atoms with Crippen molar-refractivity contribution in [3.05, 3.63) is 0 Å². The van der Waals surface area contributed by atoms with Gasteiger partial charge in [0.1, 0.15) is 0 Å². The maximum absolute atomic E-state index is 12.8. The van der Waals surface area contributed by atoms with Gasteiger partial charge in [-0.2, -0.15) is 22.0 Å². The van der Waals surface area contributed by atoms with Crippen molar-refractivity contribution in [1.82, 2.24) is 0 Å². The zero-order valence-electron chi connectivity index (χ0n) is 7.45. The number of halogens is 5. The van der Waals surface area contributed by atoms with Crippen molar-refractivity contribution in [1.29, 1.82) is 0 Å². The molecule has 6 heteroatoms. The molecule has 0 aromatic heterocycles. The average Bonchev–Trinajstić information content (AvgIpc) is 2.03. The van der Waals surface area contributed by atoms with Gasteiger partial charge in [-0.05, 0) is 25.7 Å². The van der Waals surface area contributed by atoms with E-state index in [4.69, 9.17) is 5.73 Å². The summed E-state index contributed by atoms with van der Waals surface area (Å²) in [4.78, 5) is 0. The molecule has 0 amide bonds. The topological polar surface area (TPSA) is 26.0 Å². The maximum atomic E-state index is 12.8. The highest BCUT2D eigenvalue weighted by Crippen LogP contribution is 2.46. The Morgan fingerprint density at radius 3 is 1.64 bits per heavy atom. The maximum Gasteiger partial charge on any atom is 0.453 e. The van der Waals surface area contributed by atoms with E-state index >= 15 is 0 Å². The number of hydrogen-bond acceptors (Lipinski definition) is 1. The molecule has 14 heavy (non-hydrogen) atoms. The van der Waals surface area contributed by atoms with Gasteiger partial charge in [-0.3, -0.25) is 0 Å². The Hall–Kier alpha value is -0.390. The largest absolute Gasteiger partial charge is 0.453 e. The predicted molar refractivity (Wildman–Crippen MR) is 40.9 cm³/mol. The zero-order chi connectivity index (χ0) is 11.0. The number of rotatable bonds is 1. The molecule has 0 heterocycles. The predicted octanol–water partition coefficient (Wildman–Crippen LogP) is 2.70. The molecule has 0 unspecified atom stereocenters. The van der Waals surface area contributed by atoms with Crippen LogP contribution in [-0.4, -0.2) is 18.1 Å². The van der Waals surface area contributed by atoms with Crippen molar-refractivity contribution >= 4 is 0 Å². The molecule has 1 nitrogen and oxygen atoms in total. The van der Waals surface area contributed by atoms with Crippen molar-refractivity contribution in [2.45, 2.75) is 43.8 Å². The molecule has 0 bridgehead atoms. The van der Waals surface area contributed by atoms with E-state index in [0.29, 0.717) is 0 Å². The van der Waals surface area contributed by atoms with Crippen molar-refractivity contribution < 1.29 is 22.0 Å². The molecule has 1 rings (SSSR count). The Morgan fingerprint density at radius 2 is 1.29 bits per heavy atom. The Bertz CT molecular complexity index is 192. The summed E-state index contributed by atoms with van der Waals surface area (Å²) in [7, 11) is 0. The molecular weight excluding hydrogens is 205 g/mol. The molecule has 1 aliphatic rings. The summed E-state index contributed by atoms with van der Waals surface area (Å²) in [6, 6.07) is -0.227. The van der Waals surface area contributed by atoms with Crippen LogP contribution in [0.5, 0.6) is 0 Å². The van der Waals surface area contributed by atoms with Crippen LogP contribution in [0.4, 0.5) is 22.0 Å². The van der Waals surface area contributed by atoms with Crippen molar-refractivity contribution in [3.63, 3.8) is 0 Å². The van der Waals surface area contributed by atoms with Crippen LogP contribution in [0.3, 0.4) is 0 Å². The van der Waals surface area contributed by atoms with Crippen LogP contribution in [0.2, 0.25) is 0 Å². The van der Waals surface area contributed by atoms with Gasteiger partial charge in [-0.25, -0.2) is 0 Å². The average molecular weight is 217 g/mol. The molecule has 0 spiro atoms. The van der Waals surface area contributed by atoms with E-state index in [-0.39, 0.29) is 31.7 Å². The second-order valence-corrected chi connectivity index (χ2v) is 3.73. The first kappa shape index (κ1) is 11.7. The van der Waals surface area contributed by atoms with Crippen LogP contribution in [0.15, 0.2) is 0 Å². The minimum Gasteiger partial charge on any atom is -0.328 e. The molecule has 0 saturated heterocycles. The fourth-order valence-electron chi connectivity index (χ4n) is 1.71. The summed E-state index contributed by atoms with van der Waals surface area (Å²) in [5.74, 6) is -6.16. The van der Waals surface area contributed by atoms with E-state index in [2.05, 4.69) is 0 Å². The van der Waals surface area contributed by atoms with Crippen LogP contribution in [-0.2, 0) is 0 Å². The van der Waals surface area contributed by atoms with Crippen molar-refractivity contribution in [2.24, 2.45) is 11.7 Å². The summed E-state index contributed by atoms with van der Waals surface area (Å²) < 4.78 is 61.4. The minimum atomic E-state index is -5.43. The highest BCUT2D eigenvalue weighted by Gasteiger charge is 2.61. The van der Waals surface area contributed by atoms with Crippen LogP contribution in [0, 0.1) is 5.92 Å². The van der Waals surface area contributed by atoms with E-state index in [0.717, 1.165) is 0 Å². The van der Waals surface area contributed by atoms with Crippen LogP contribution in [0.25, 0.3) is 0 Å². The van der Waals surface area contributed by atoms with Crippen LogP contribution in [0.1, 0.15) is 25.7 Å². The molecule has 0 aromatic carbocycles. The molecule has 1 aliphatic carbocycles. The molecule has 1 saturated carbocycles. The fourth-order valence-corrected chi connectivity index (χ4v) is 1.71. The summed E-state index contributed by atoms with van der Waals surface area (Å²) in [6.07, 6.45) is -5.23. The second-order valence-electron chi connectivity index (χ2n) is 3.73. The van der Waals surface area contributed by atoms with Gasteiger partial charge in [0, 0.05) is 12.0 Å². The third-order valence-electron chi connectivity index (χ3n) is 2.66. The second kappa shape index (κ2) is 3.64. The van der Waals surface area contributed by atoms with Crippen LogP contribution < -0.4 is 5.73 Å². The van der Waals surface area contributed by atoms with Crippen molar-refractivity contribution in [2.75, 3.05) is 0 Å². The highest BCUT2D eigenvalue weighted by atomic mass is 19.4. The van der Waals surface area contributed by atoms with Crippen molar-refractivity contribution in [3.8, 4) is 0 Å². The Balaban J connectivity index is 2.65. The quantitative estimate of drug-likeness (QED) is 0.671. The molecule has 0 radical (unpaired) electrons. The van der Waals surface area contributed by atoms with Gasteiger partial charge in [0.15, 0.2) is 0 Å². The van der Waals surface area contributed by atoms with E-state index < -0.39 is 18.0 Å². The monoisotopic (exact) mass is 217 g/mol. The van der Waals surface area contributed by atoms with E-state index in [1.54, 1.807) is 0 Å². The molecular formula is C8H12F5N. The Labute approximate surface area is 78.5 Å². The molecule has 84 valence electrons. The number of nitrogens with two attached hydrogens (primary N) is 1. The van der Waals surface area contributed by atoms with Gasteiger partial charge in [0.2, 0.25) is 0 Å². The lowest BCUT2D eigenvalue weighted by molar-refractivity contribution is -0.305. The first-order valence-electron chi connectivity index (χ1n) is 4.45. The smallest absolute Gasteiger partial charge is 0.328 e. The highest BCUT2D eigenvalue weighted by molar-refractivity contribution is 4.88. The summed E-state index contributed by atoms with van der Waals surface area (Å²) >= 11 is 0. The van der Waals surface area contributed by atoms with Gasteiger partial charge in [-0.1, -0.05) is 0 Å². The first-order valence-corrected chi connectivity index (χ1v) is 4.45. The third-order valence-corrected chi connectivity index (χ3v) is 2.66. The fraction of sp³-hybridized carbons (Fsp3) is 1.00. The standard InChI is InChI=1S/C8H12F5N/c9-7(10,8(11,12)13)5-1-3-6(14)4-2-5/h5-6H,1-4,14H2. The molecule has 0 aliphatic heterocycles. The van der Waals surface area contributed by atoms with Gasteiger partial charge in [0.05, 0.1) is 0 Å². The lowest BCUT2D eigenvalue weighted by Crippen LogP contribution is -2.46. The Kier molecular flexibility index (Phi) is 3.04. The SMILES string of the molecule is NC1CCC(C(F)(F)C(F)(F)F)CC1. The third kappa shape index (κ3) is 2.16.